The fraction of sp³-hybridized carbons (Fsp3) is 0.500. The molecule has 0 spiro atoms. The third-order valence-corrected chi connectivity index (χ3v) is 6.07. The molecule has 0 bridgehead atoms. The van der Waals surface area contributed by atoms with E-state index < -0.39 is 0 Å². The smallest absolute Gasteiger partial charge is 0.225 e. The number of aromatic nitrogens is 1. The van der Waals surface area contributed by atoms with Gasteiger partial charge in [-0.2, -0.15) is 0 Å². The first-order valence-corrected chi connectivity index (χ1v) is 10.4. The van der Waals surface area contributed by atoms with Gasteiger partial charge in [0.05, 0.1) is 0 Å². The van der Waals surface area contributed by atoms with Gasteiger partial charge >= 0.3 is 0 Å². The SMILES string of the molecule is CC(=O)NC1CCN(C(=O)C2CCN(c3ccc4cccc(O)c4n3)CC2)CC1. The fourth-order valence-corrected chi connectivity index (χ4v) is 4.44. The van der Waals surface area contributed by atoms with Gasteiger partial charge in [0.15, 0.2) is 0 Å². The Kier molecular flexibility index (Phi) is 5.56. The number of likely N-dealkylation sites (tertiary alicyclic amines) is 1. The van der Waals surface area contributed by atoms with Crippen LogP contribution in [0.1, 0.15) is 32.6 Å². The van der Waals surface area contributed by atoms with Crippen molar-refractivity contribution < 1.29 is 14.7 Å². The largest absolute Gasteiger partial charge is 0.506 e. The number of piperidine rings is 2. The summed E-state index contributed by atoms with van der Waals surface area (Å²) in [6.07, 6.45) is 3.28. The van der Waals surface area contributed by atoms with Crippen LogP contribution in [0, 0.1) is 5.92 Å². The zero-order valence-corrected chi connectivity index (χ0v) is 16.8. The predicted molar refractivity (Wildman–Crippen MR) is 112 cm³/mol. The summed E-state index contributed by atoms with van der Waals surface area (Å²) in [5.74, 6) is 1.34. The molecule has 0 aliphatic carbocycles. The summed E-state index contributed by atoms with van der Waals surface area (Å²) >= 11 is 0. The third kappa shape index (κ3) is 4.28. The van der Waals surface area contributed by atoms with Crippen molar-refractivity contribution in [2.75, 3.05) is 31.1 Å². The van der Waals surface area contributed by atoms with Crippen molar-refractivity contribution in [1.29, 1.82) is 0 Å². The molecule has 29 heavy (non-hydrogen) atoms. The van der Waals surface area contributed by atoms with E-state index in [9.17, 15) is 14.7 Å². The van der Waals surface area contributed by atoms with E-state index in [1.165, 1.54) is 6.92 Å². The molecule has 2 aromatic rings. The van der Waals surface area contributed by atoms with Crippen LogP contribution in [0.3, 0.4) is 0 Å². The van der Waals surface area contributed by atoms with Crippen molar-refractivity contribution in [3.8, 4) is 5.75 Å². The second-order valence-electron chi connectivity index (χ2n) is 8.08. The van der Waals surface area contributed by atoms with Gasteiger partial charge in [-0.1, -0.05) is 12.1 Å². The van der Waals surface area contributed by atoms with Gasteiger partial charge in [0.1, 0.15) is 17.1 Å². The van der Waals surface area contributed by atoms with E-state index in [1.54, 1.807) is 6.07 Å². The lowest BCUT2D eigenvalue weighted by Crippen LogP contribution is -2.49. The second-order valence-corrected chi connectivity index (χ2v) is 8.08. The van der Waals surface area contributed by atoms with Crippen molar-refractivity contribution >= 4 is 28.5 Å². The number of nitrogens with one attached hydrogen (secondary N) is 1. The Morgan fingerprint density at radius 2 is 1.76 bits per heavy atom. The number of carbonyl (C=O) groups excluding carboxylic acids is 2. The molecule has 154 valence electrons. The molecule has 1 aromatic carbocycles. The Morgan fingerprint density at radius 3 is 2.45 bits per heavy atom. The van der Waals surface area contributed by atoms with Crippen LogP contribution in [0.4, 0.5) is 5.82 Å². The molecule has 2 amide bonds. The lowest BCUT2D eigenvalue weighted by Gasteiger charge is -2.37. The molecule has 7 nitrogen and oxygen atoms in total. The number of nitrogens with zero attached hydrogens (tertiary/aromatic N) is 3. The third-order valence-electron chi connectivity index (χ3n) is 6.07. The molecule has 0 saturated carbocycles. The number of phenols is 1. The Balaban J connectivity index is 1.33. The molecule has 0 atom stereocenters. The monoisotopic (exact) mass is 396 g/mol. The quantitative estimate of drug-likeness (QED) is 0.831. The van der Waals surface area contributed by atoms with E-state index in [0.717, 1.165) is 63.1 Å². The Morgan fingerprint density at radius 1 is 1.03 bits per heavy atom. The molecule has 0 radical (unpaired) electrons. The molecular formula is C22H28N4O3. The average molecular weight is 396 g/mol. The van der Waals surface area contributed by atoms with Crippen molar-refractivity contribution in [1.82, 2.24) is 15.2 Å². The average Bonchev–Trinajstić information content (AvgIpc) is 2.74. The van der Waals surface area contributed by atoms with Gasteiger partial charge in [-0.05, 0) is 43.9 Å². The number of rotatable bonds is 3. The predicted octanol–water partition coefficient (Wildman–Crippen LogP) is 2.28. The lowest BCUT2D eigenvalue weighted by molar-refractivity contribution is -0.137. The van der Waals surface area contributed by atoms with Crippen LogP contribution >= 0.6 is 0 Å². The number of para-hydroxylation sites is 1. The molecule has 3 heterocycles. The molecule has 1 aromatic heterocycles. The van der Waals surface area contributed by atoms with Crippen LogP contribution in [0.5, 0.6) is 5.75 Å². The van der Waals surface area contributed by atoms with E-state index in [-0.39, 0.29) is 29.5 Å². The maximum atomic E-state index is 12.9. The van der Waals surface area contributed by atoms with E-state index >= 15 is 0 Å². The van der Waals surface area contributed by atoms with Crippen molar-refractivity contribution in [3.05, 3.63) is 30.3 Å². The number of fused-ring (bicyclic) bond motifs is 1. The molecule has 7 heteroatoms. The first-order valence-electron chi connectivity index (χ1n) is 10.4. The highest BCUT2D eigenvalue weighted by Gasteiger charge is 2.31. The number of pyridine rings is 1. The van der Waals surface area contributed by atoms with Crippen LogP contribution in [0.2, 0.25) is 0 Å². The molecule has 2 fully saturated rings. The topological polar surface area (TPSA) is 85.8 Å². The summed E-state index contributed by atoms with van der Waals surface area (Å²) in [6.45, 7) is 4.54. The first-order chi connectivity index (χ1) is 14.0. The van der Waals surface area contributed by atoms with Gasteiger partial charge in [0.25, 0.3) is 0 Å². The summed E-state index contributed by atoms with van der Waals surface area (Å²) in [5.41, 5.74) is 0.616. The normalized spacial score (nSPS) is 18.8. The lowest BCUT2D eigenvalue weighted by atomic mass is 9.93. The van der Waals surface area contributed by atoms with Gasteiger partial charge in [-0.3, -0.25) is 9.59 Å². The molecule has 2 aliphatic rings. The van der Waals surface area contributed by atoms with Crippen LogP contribution < -0.4 is 10.2 Å². The summed E-state index contributed by atoms with van der Waals surface area (Å²) in [4.78, 5) is 32.9. The minimum absolute atomic E-state index is 0.00207. The van der Waals surface area contributed by atoms with E-state index in [1.807, 2.05) is 29.2 Å². The van der Waals surface area contributed by atoms with Crippen molar-refractivity contribution in [3.63, 3.8) is 0 Å². The van der Waals surface area contributed by atoms with Crippen LogP contribution in [0.15, 0.2) is 30.3 Å². The van der Waals surface area contributed by atoms with Crippen molar-refractivity contribution in [2.24, 2.45) is 5.92 Å². The highest BCUT2D eigenvalue weighted by Crippen LogP contribution is 2.28. The molecule has 0 unspecified atom stereocenters. The second kappa shape index (κ2) is 8.27. The van der Waals surface area contributed by atoms with Crippen molar-refractivity contribution in [2.45, 2.75) is 38.6 Å². The number of benzene rings is 1. The molecule has 2 saturated heterocycles. The van der Waals surface area contributed by atoms with Gasteiger partial charge in [-0.25, -0.2) is 4.98 Å². The number of carbonyl (C=O) groups is 2. The number of hydrogen-bond acceptors (Lipinski definition) is 5. The number of hydrogen-bond donors (Lipinski definition) is 2. The molecule has 2 aliphatic heterocycles. The summed E-state index contributed by atoms with van der Waals surface area (Å²) in [6, 6.07) is 9.55. The van der Waals surface area contributed by atoms with Gasteiger partial charge < -0.3 is 20.2 Å². The first kappa shape index (κ1) is 19.5. The zero-order chi connectivity index (χ0) is 20.4. The molecule has 4 rings (SSSR count). The fourth-order valence-electron chi connectivity index (χ4n) is 4.44. The van der Waals surface area contributed by atoms with Gasteiger partial charge in [0, 0.05) is 50.4 Å². The molecular weight excluding hydrogens is 368 g/mol. The van der Waals surface area contributed by atoms with E-state index in [4.69, 9.17) is 0 Å². The minimum atomic E-state index is -0.00207. The maximum absolute atomic E-state index is 12.9. The molecule has 2 N–H and O–H groups in total. The zero-order valence-electron chi connectivity index (χ0n) is 16.8. The van der Waals surface area contributed by atoms with E-state index in [0.29, 0.717) is 5.52 Å². The summed E-state index contributed by atoms with van der Waals surface area (Å²) in [7, 11) is 0. The van der Waals surface area contributed by atoms with Crippen LogP contribution in [-0.2, 0) is 9.59 Å². The minimum Gasteiger partial charge on any atom is -0.506 e. The number of phenolic OH excluding ortho intramolecular Hbond substituents is 1. The number of aromatic hydroxyl groups is 1. The van der Waals surface area contributed by atoms with Gasteiger partial charge in [0.2, 0.25) is 11.8 Å². The van der Waals surface area contributed by atoms with Crippen LogP contribution in [0.25, 0.3) is 10.9 Å². The maximum Gasteiger partial charge on any atom is 0.225 e. The number of anilines is 1. The highest BCUT2D eigenvalue weighted by atomic mass is 16.3. The summed E-state index contributed by atoms with van der Waals surface area (Å²) in [5, 5.41) is 13.9. The Hall–Kier alpha value is -2.83. The Bertz CT molecular complexity index is 900. The van der Waals surface area contributed by atoms with Crippen LogP contribution in [-0.4, -0.2) is 59.0 Å². The summed E-state index contributed by atoms with van der Waals surface area (Å²) < 4.78 is 0. The number of amides is 2. The Labute approximate surface area is 170 Å². The standard InChI is InChI=1S/C22H28N4O3/c1-15(27)23-18-9-13-26(14-10-18)22(29)17-7-11-25(12-8-17)20-6-5-16-3-2-4-19(28)21(16)24-20/h2-6,17-18,28H,7-14H2,1H3,(H,23,27). The highest BCUT2D eigenvalue weighted by molar-refractivity contribution is 5.85. The van der Waals surface area contributed by atoms with E-state index in [2.05, 4.69) is 15.2 Å². The van der Waals surface area contributed by atoms with Gasteiger partial charge in [-0.15, -0.1) is 0 Å².